The molecule has 0 aliphatic carbocycles. The smallest absolute Gasteiger partial charge is 0.306 e. The van der Waals surface area contributed by atoms with Gasteiger partial charge < -0.3 is 4.74 Å². The van der Waals surface area contributed by atoms with E-state index in [2.05, 4.69) is 4.74 Å². The fourth-order valence-electron chi connectivity index (χ4n) is 2.23. The Hall–Kier alpha value is -0.660. The van der Waals surface area contributed by atoms with Gasteiger partial charge in [-0.3, -0.25) is 4.79 Å². The van der Waals surface area contributed by atoms with Gasteiger partial charge in [-0.1, -0.05) is 6.92 Å². The van der Waals surface area contributed by atoms with E-state index >= 15 is 0 Å². The highest BCUT2D eigenvalue weighted by Gasteiger charge is 2.37. The van der Waals surface area contributed by atoms with E-state index in [9.17, 15) is 13.2 Å². The number of ether oxygens (including phenoxy) is 1. The maximum Gasteiger partial charge on any atom is 0.306 e. The lowest BCUT2D eigenvalue weighted by atomic mass is 10.1. The van der Waals surface area contributed by atoms with Crippen molar-refractivity contribution < 1.29 is 17.9 Å². The summed E-state index contributed by atoms with van der Waals surface area (Å²) in [6, 6.07) is 0.0191. The minimum atomic E-state index is -3.47. The van der Waals surface area contributed by atoms with Crippen molar-refractivity contribution in [2.24, 2.45) is 5.92 Å². The number of rotatable bonds is 5. The molecule has 1 fully saturated rings. The van der Waals surface area contributed by atoms with Gasteiger partial charge in [-0.25, -0.2) is 0 Å². The Morgan fingerprint density at radius 3 is 2.50 bits per heavy atom. The van der Waals surface area contributed by atoms with Gasteiger partial charge in [0.15, 0.2) is 0 Å². The highest BCUT2D eigenvalue weighted by atomic mass is 32.2. The summed E-state index contributed by atoms with van der Waals surface area (Å²) in [6.45, 7) is 4.65. The zero-order valence-electron chi connectivity index (χ0n) is 11.4. The Labute approximate surface area is 109 Å². The molecular weight excluding hydrogens is 256 g/mol. The lowest BCUT2D eigenvalue weighted by Gasteiger charge is -2.26. The fourth-order valence-corrected chi connectivity index (χ4v) is 3.89. The van der Waals surface area contributed by atoms with Gasteiger partial charge >= 0.3 is 5.97 Å². The summed E-state index contributed by atoms with van der Waals surface area (Å²) < 4.78 is 31.8. The van der Waals surface area contributed by atoms with Crippen molar-refractivity contribution in [3.05, 3.63) is 0 Å². The molecule has 18 heavy (non-hydrogen) atoms. The minimum absolute atomic E-state index is 0.0191. The van der Waals surface area contributed by atoms with Crippen LogP contribution in [0.3, 0.4) is 0 Å². The van der Waals surface area contributed by atoms with Gasteiger partial charge in [0.2, 0.25) is 0 Å². The highest BCUT2D eigenvalue weighted by Crippen LogP contribution is 2.26. The predicted octanol–water partition coefficient (Wildman–Crippen LogP) is 0.456. The number of carbonyl (C=O) groups is 1. The van der Waals surface area contributed by atoms with Crippen molar-refractivity contribution in [1.29, 1.82) is 0 Å². The van der Waals surface area contributed by atoms with E-state index in [-0.39, 0.29) is 19.0 Å². The summed E-state index contributed by atoms with van der Waals surface area (Å²) in [6.07, 6.45) is 0.952. The normalized spacial score (nSPS) is 25.6. The molecule has 1 saturated heterocycles. The van der Waals surface area contributed by atoms with Gasteiger partial charge in [-0.05, 0) is 19.3 Å². The van der Waals surface area contributed by atoms with Crippen LogP contribution in [-0.2, 0) is 19.7 Å². The lowest BCUT2D eigenvalue weighted by Crippen LogP contribution is -2.44. The molecule has 2 unspecified atom stereocenters. The summed E-state index contributed by atoms with van der Waals surface area (Å²) in [5, 5.41) is 0. The Morgan fingerprint density at radius 2 is 2.06 bits per heavy atom. The average molecular weight is 278 g/mol. The van der Waals surface area contributed by atoms with E-state index in [1.54, 1.807) is 0 Å². The fraction of sp³-hybridized carbons (Fsp3) is 0.909. The van der Waals surface area contributed by atoms with Crippen molar-refractivity contribution in [2.45, 2.75) is 32.7 Å². The van der Waals surface area contributed by atoms with Crippen LogP contribution in [0.25, 0.3) is 0 Å². The third-order valence-corrected chi connectivity index (χ3v) is 5.35. The van der Waals surface area contributed by atoms with Gasteiger partial charge in [0.05, 0.1) is 13.5 Å². The summed E-state index contributed by atoms with van der Waals surface area (Å²) in [5.41, 5.74) is 0. The molecule has 0 saturated carbocycles. The van der Waals surface area contributed by atoms with Crippen LogP contribution in [0.5, 0.6) is 0 Å². The molecule has 0 bridgehead atoms. The van der Waals surface area contributed by atoms with Crippen molar-refractivity contribution in [3.8, 4) is 0 Å². The first-order chi connectivity index (χ1) is 8.28. The number of esters is 1. The van der Waals surface area contributed by atoms with E-state index in [0.29, 0.717) is 12.5 Å². The zero-order chi connectivity index (χ0) is 13.9. The molecule has 0 aromatic heterocycles. The van der Waals surface area contributed by atoms with Crippen molar-refractivity contribution in [1.82, 2.24) is 8.61 Å². The molecule has 0 aromatic carbocycles. The molecule has 0 aromatic rings. The monoisotopic (exact) mass is 278 g/mol. The number of hydrogen-bond donors (Lipinski definition) is 0. The number of carbonyl (C=O) groups excluding carboxylic acids is 1. The lowest BCUT2D eigenvalue weighted by molar-refractivity contribution is -0.140. The van der Waals surface area contributed by atoms with Crippen molar-refractivity contribution >= 4 is 16.2 Å². The standard InChI is InChI=1S/C11H22N2O4S/c1-9-7-10(2)13(8-9)18(15,16)12(3)6-5-11(14)17-4/h9-10H,5-8H2,1-4H3. The predicted molar refractivity (Wildman–Crippen MR) is 68.1 cm³/mol. The van der Waals surface area contributed by atoms with Gasteiger partial charge in [0, 0.05) is 26.2 Å². The van der Waals surface area contributed by atoms with E-state index in [1.165, 1.54) is 22.8 Å². The summed E-state index contributed by atoms with van der Waals surface area (Å²) >= 11 is 0. The van der Waals surface area contributed by atoms with Gasteiger partial charge in [-0.15, -0.1) is 0 Å². The Balaban J connectivity index is 2.65. The second-order valence-electron chi connectivity index (χ2n) is 4.92. The summed E-state index contributed by atoms with van der Waals surface area (Å²) in [4.78, 5) is 11.0. The zero-order valence-corrected chi connectivity index (χ0v) is 12.2. The number of methoxy groups -OCH3 is 1. The van der Waals surface area contributed by atoms with E-state index < -0.39 is 16.2 Å². The van der Waals surface area contributed by atoms with Crippen LogP contribution in [0.4, 0.5) is 0 Å². The first kappa shape index (κ1) is 15.4. The van der Waals surface area contributed by atoms with Crippen molar-refractivity contribution in [3.63, 3.8) is 0 Å². The third-order valence-electron chi connectivity index (χ3n) is 3.28. The molecule has 1 aliphatic heterocycles. The molecule has 106 valence electrons. The SMILES string of the molecule is COC(=O)CCN(C)S(=O)(=O)N1CC(C)CC1C. The molecule has 0 spiro atoms. The summed E-state index contributed by atoms with van der Waals surface area (Å²) in [7, 11) is -0.679. The molecule has 6 nitrogen and oxygen atoms in total. The molecule has 0 amide bonds. The minimum Gasteiger partial charge on any atom is -0.469 e. The average Bonchev–Trinajstić information content (AvgIpc) is 2.65. The number of hydrogen-bond acceptors (Lipinski definition) is 4. The van der Waals surface area contributed by atoms with Gasteiger partial charge in [0.1, 0.15) is 0 Å². The molecule has 0 N–H and O–H groups in total. The molecular formula is C11H22N2O4S. The molecule has 1 heterocycles. The van der Waals surface area contributed by atoms with Crippen LogP contribution < -0.4 is 0 Å². The van der Waals surface area contributed by atoms with E-state index in [4.69, 9.17) is 0 Å². The molecule has 1 aliphatic rings. The second-order valence-corrected chi connectivity index (χ2v) is 6.90. The maximum absolute atomic E-state index is 12.3. The first-order valence-electron chi connectivity index (χ1n) is 6.09. The van der Waals surface area contributed by atoms with Crippen LogP contribution in [-0.4, -0.2) is 56.3 Å². The van der Waals surface area contributed by atoms with Gasteiger partial charge in [0.25, 0.3) is 10.2 Å². The Bertz CT molecular complexity index is 396. The van der Waals surface area contributed by atoms with Crippen LogP contribution in [0.1, 0.15) is 26.7 Å². The van der Waals surface area contributed by atoms with Crippen LogP contribution in [0, 0.1) is 5.92 Å². The first-order valence-corrected chi connectivity index (χ1v) is 7.48. The van der Waals surface area contributed by atoms with Crippen molar-refractivity contribution in [2.75, 3.05) is 27.2 Å². The third kappa shape index (κ3) is 3.43. The van der Waals surface area contributed by atoms with Crippen LogP contribution >= 0.6 is 0 Å². The van der Waals surface area contributed by atoms with Crippen LogP contribution in [0.2, 0.25) is 0 Å². The topological polar surface area (TPSA) is 66.9 Å². The van der Waals surface area contributed by atoms with E-state index in [0.717, 1.165) is 6.42 Å². The largest absolute Gasteiger partial charge is 0.469 e. The van der Waals surface area contributed by atoms with Gasteiger partial charge in [-0.2, -0.15) is 17.0 Å². The highest BCUT2D eigenvalue weighted by molar-refractivity contribution is 7.86. The molecule has 1 rings (SSSR count). The van der Waals surface area contributed by atoms with Crippen LogP contribution in [0.15, 0.2) is 0 Å². The second kappa shape index (κ2) is 5.99. The molecule has 0 radical (unpaired) electrons. The van der Waals surface area contributed by atoms with E-state index in [1.807, 2.05) is 13.8 Å². The molecule has 7 heteroatoms. The Kier molecular flexibility index (Phi) is 5.12. The number of nitrogens with zero attached hydrogens (tertiary/aromatic N) is 2. The quantitative estimate of drug-likeness (QED) is 0.685. The molecule has 2 atom stereocenters. The maximum atomic E-state index is 12.3. The Morgan fingerprint density at radius 1 is 1.44 bits per heavy atom. The summed E-state index contributed by atoms with van der Waals surface area (Å²) in [5.74, 6) is -0.0244.